The number of halogens is 1. The lowest BCUT2D eigenvalue weighted by Gasteiger charge is -2.10. The Morgan fingerprint density at radius 3 is 2.88 bits per heavy atom. The second kappa shape index (κ2) is 4.65. The Labute approximate surface area is 95.9 Å². The van der Waals surface area contributed by atoms with Gasteiger partial charge in [-0.15, -0.1) is 0 Å². The zero-order chi connectivity index (χ0) is 12.3. The predicted molar refractivity (Wildman–Crippen MR) is 56.9 cm³/mol. The molecule has 0 aromatic heterocycles. The molecule has 0 radical (unpaired) electrons. The molecule has 0 unspecified atom stereocenters. The van der Waals surface area contributed by atoms with Gasteiger partial charge in [0.2, 0.25) is 0 Å². The summed E-state index contributed by atoms with van der Waals surface area (Å²) in [5, 5.41) is 10.4. The molecule has 0 aliphatic carbocycles. The number of non-ortho nitro benzene ring substituents is 1. The quantitative estimate of drug-likeness (QED) is 0.598. The SMILES string of the molecule is O=[N+]([O-])c1ccc(OC2=CCOC=C2)c(F)c1. The van der Waals surface area contributed by atoms with Crippen molar-refractivity contribution in [3.63, 3.8) is 0 Å². The van der Waals surface area contributed by atoms with Crippen molar-refractivity contribution in [1.29, 1.82) is 0 Å². The van der Waals surface area contributed by atoms with E-state index in [0.717, 1.165) is 6.07 Å². The van der Waals surface area contributed by atoms with Gasteiger partial charge in [-0.05, 0) is 12.1 Å². The van der Waals surface area contributed by atoms with E-state index in [1.807, 2.05) is 0 Å². The molecule has 0 fully saturated rings. The van der Waals surface area contributed by atoms with Crippen LogP contribution >= 0.6 is 0 Å². The summed E-state index contributed by atoms with van der Waals surface area (Å²) in [5.74, 6) is -0.405. The van der Waals surface area contributed by atoms with Crippen LogP contribution in [-0.2, 0) is 4.74 Å². The monoisotopic (exact) mass is 237 g/mol. The van der Waals surface area contributed by atoms with Gasteiger partial charge in [0.25, 0.3) is 5.69 Å². The Morgan fingerprint density at radius 2 is 2.29 bits per heavy atom. The molecule has 88 valence electrons. The van der Waals surface area contributed by atoms with Crippen molar-refractivity contribution in [2.24, 2.45) is 0 Å². The molecular weight excluding hydrogens is 229 g/mol. The molecule has 1 heterocycles. The minimum Gasteiger partial charge on any atom is -0.497 e. The van der Waals surface area contributed by atoms with E-state index in [9.17, 15) is 14.5 Å². The number of nitro benzene ring substituents is 1. The number of hydrogen-bond donors (Lipinski definition) is 0. The first-order valence-electron chi connectivity index (χ1n) is 4.77. The van der Waals surface area contributed by atoms with Crippen molar-refractivity contribution < 1.29 is 18.8 Å². The van der Waals surface area contributed by atoms with Crippen LogP contribution in [0.25, 0.3) is 0 Å². The van der Waals surface area contributed by atoms with Crippen molar-refractivity contribution in [3.05, 3.63) is 58.3 Å². The zero-order valence-electron chi connectivity index (χ0n) is 8.63. The second-order valence-electron chi connectivity index (χ2n) is 3.22. The molecule has 1 aliphatic heterocycles. The molecule has 1 aliphatic rings. The summed E-state index contributed by atoms with van der Waals surface area (Å²) >= 11 is 0. The van der Waals surface area contributed by atoms with Gasteiger partial charge in [-0.1, -0.05) is 0 Å². The second-order valence-corrected chi connectivity index (χ2v) is 3.22. The summed E-state index contributed by atoms with van der Waals surface area (Å²) in [4.78, 5) is 9.75. The summed E-state index contributed by atoms with van der Waals surface area (Å²) in [6, 6.07) is 3.22. The summed E-state index contributed by atoms with van der Waals surface area (Å²) < 4.78 is 23.6. The first kappa shape index (κ1) is 11.1. The largest absolute Gasteiger partial charge is 0.497 e. The third-order valence-corrected chi connectivity index (χ3v) is 2.06. The molecule has 1 aromatic carbocycles. The number of hydrogen-bond acceptors (Lipinski definition) is 4. The summed E-state index contributed by atoms with van der Waals surface area (Å²) in [6.45, 7) is 0.348. The third-order valence-electron chi connectivity index (χ3n) is 2.06. The molecule has 17 heavy (non-hydrogen) atoms. The molecule has 2 rings (SSSR count). The molecule has 0 amide bonds. The van der Waals surface area contributed by atoms with Crippen LogP contribution in [0.3, 0.4) is 0 Å². The topological polar surface area (TPSA) is 61.6 Å². The van der Waals surface area contributed by atoms with E-state index in [-0.39, 0.29) is 11.4 Å². The smallest absolute Gasteiger partial charge is 0.272 e. The Bertz CT molecular complexity index is 510. The highest BCUT2D eigenvalue weighted by Gasteiger charge is 2.12. The van der Waals surface area contributed by atoms with Gasteiger partial charge < -0.3 is 9.47 Å². The fraction of sp³-hybridized carbons (Fsp3) is 0.0909. The van der Waals surface area contributed by atoms with Crippen molar-refractivity contribution >= 4 is 5.69 Å². The molecule has 0 saturated heterocycles. The molecule has 0 bridgehead atoms. The average Bonchev–Trinajstić information content (AvgIpc) is 2.33. The van der Waals surface area contributed by atoms with Crippen LogP contribution < -0.4 is 4.74 Å². The molecular formula is C11H8FNO4. The number of benzene rings is 1. The molecule has 5 nitrogen and oxygen atoms in total. The summed E-state index contributed by atoms with van der Waals surface area (Å²) in [6.07, 6.45) is 4.59. The van der Waals surface area contributed by atoms with Crippen molar-refractivity contribution in [1.82, 2.24) is 0 Å². The Morgan fingerprint density at radius 1 is 1.47 bits per heavy atom. The number of nitro groups is 1. The third kappa shape index (κ3) is 2.60. The highest BCUT2D eigenvalue weighted by molar-refractivity contribution is 5.39. The van der Waals surface area contributed by atoms with E-state index in [1.54, 1.807) is 6.08 Å². The van der Waals surface area contributed by atoms with Gasteiger partial charge in [0.1, 0.15) is 12.4 Å². The van der Waals surface area contributed by atoms with Gasteiger partial charge in [0.05, 0.1) is 17.3 Å². The molecule has 0 atom stereocenters. The predicted octanol–water partition coefficient (Wildman–Crippen LogP) is 2.54. The van der Waals surface area contributed by atoms with Crippen LogP contribution in [-0.4, -0.2) is 11.5 Å². The first-order valence-corrected chi connectivity index (χ1v) is 4.77. The van der Waals surface area contributed by atoms with E-state index in [2.05, 4.69) is 0 Å². The van der Waals surface area contributed by atoms with Crippen LogP contribution in [0.4, 0.5) is 10.1 Å². The van der Waals surface area contributed by atoms with Crippen LogP contribution in [0, 0.1) is 15.9 Å². The minimum atomic E-state index is -0.778. The lowest BCUT2D eigenvalue weighted by atomic mass is 10.3. The van der Waals surface area contributed by atoms with Crippen molar-refractivity contribution in [2.75, 3.05) is 6.61 Å². The van der Waals surface area contributed by atoms with Gasteiger partial charge in [-0.3, -0.25) is 10.1 Å². The standard InChI is InChI=1S/C11H8FNO4/c12-10-7-8(13(14)15)1-2-11(10)17-9-3-5-16-6-4-9/h1-5,7H,6H2. The maximum atomic E-state index is 13.5. The molecule has 6 heteroatoms. The zero-order valence-corrected chi connectivity index (χ0v) is 8.63. The lowest BCUT2D eigenvalue weighted by molar-refractivity contribution is -0.385. The number of nitrogens with zero attached hydrogens (tertiary/aromatic N) is 1. The fourth-order valence-corrected chi connectivity index (χ4v) is 1.26. The maximum absolute atomic E-state index is 13.5. The van der Waals surface area contributed by atoms with Crippen LogP contribution in [0.1, 0.15) is 0 Å². The summed E-state index contributed by atoms with van der Waals surface area (Å²) in [5.41, 5.74) is -0.314. The molecule has 0 N–H and O–H groups in total. The van der Waals surface area contributed by atoms with Crippen LogP contribution in [0.5, 0.6) is 5.75 Å². The van der Waals surface area contributed by atoms with Gasteiger partial charge in [0.15, 0.2) is 11.6 Å². The van der Waals surface area contributed by atoms with E-state index in [1.165, 1.54) is 24.5 Å². The number of allylic oxidation sites excluding steroid dienone is 1. The van der Waals surface area contributed by atoms with Gasteiger partial charge >= 0.3 is 0 Å². The molecule has 0 saturated carbocycles. The number of rotatable bonds is 3. The van der Waals surface area contributed by atoms with E-state index in [0.29, 0.717) is 12.4 Å². The van der Waals surface area contributed by atoms with Gasteiger partial charge in [-0.25, -0.2) is 4.39 Å². The maximum Gasteiger partial charge on any atom is 0.272 e. The Kier molecular flexibility index (Phi) is 3.04. The highest BCUT2D eigenvalue weighted by Crippen LogP contribution is 2.24. The molecule has 1 aromatic rings. The van der Waals surface area contributed by atoms with Gasteiger partial charge in [-0.2, -0.15) is 0 Å². The molecule has 0 spiro atoms. The Hall–Kier alpha value is -2.37. The highest BCUT2D eigenvalue weighted by atomic mass is 19.1. The van der Waals surface area contributed by atoms with Crippen LogP contribution in [0.2, 0.25) is 0 Å². The van der Waals surface area contributed by atoms with E-state index >= 15 is 0 Å². The number of ether oxygens (including phenoxy) is 2. The fourth-order valence-electron chi connectivity index (χ4n) is 1.26. The lowest BCUT2D eigenvalue weighted by Crippen LogP contribution is -2.01. The van der Waals surface area contributed by atoms with Crippen molar-refractivity contribution in [3.8, 4) is 5.75 Å². The van der Waals surface area contributed by atoms with Crippen LogP contribution in [0.15, 0.2) is 42.4 Å². The Balaban J connectivity index is 2.19. The normalized spacial score (nSPS) is 13.8. The first-order chi connectivity index (χ1) is 8.16. The van der Waals surface area contributed by atoms with E-state index in [4.69, 9.17) is 9.47 Å². The van der Waals surface area contributed by atoms with E-state index < -0.39 is 10.7 Å². The summed E-state index contributed by atoms with van der Waals surface area (Å²) in [7, 11) is 0. The van der Waals surface area contributed by atoms with Crippen molar-refractivity contribution in [2.45, 2.75) is 0 Å². The average molecular weight is 237 g/mol. The van der Waals surface area contributed by atoms with Gasteiger partial charge in [0, 0.05) is 12.1 Å². The minimum absolute atomic E-state index is 0.0617.